The van der Waals surface area contributed by atoms with Crippen LogP contribution in [0.2, 0.25) is 0 Å². The second-order valence-electron chi connectivity index (χ2n) is 8.53. The van der Waals surface area contributed by atoms with Crippen LogP contribution in [0.1, 0.15) is 44.1 Å². The minimum absolute atomic E-state index is 0. The molecule has 2 heterocycles. The summed E-state index contributed by atoms with van der Waals surface area (Å²) in [7, 11) is 3.55. The van der Waals surface area contributed by atoms with Crippen LogP contribution in [-0.2, 0) is 14.9 Å². The summed E-state index contributed by atoms with van der Waals surface area (Å²) in [4.78, 5) is 20.8. The molecular formula is C22H33IN4O2. The molecule has 160 valence electrons. The third-order valence-electron chi connectivity index (χ3n) is 6.42. The number of carbonyl (C=O) groups excluding carboxylic acids is 1. The van der Waals surface area contributed by atoms with Crippen LogP contribution in [0.3, 0.4) is 0 Å². The van der Waals surface area contributed by atoms with Gasteiger partial charge in [-0.2, -0.15) is 0 Å². The summed E-state index contributed by atoms with van der Waals surface area (Å²) in [5.41, 5.74) is 2.91. The second kappa shape index (κ2) is 9.64. The van der Waals surface area contributed by atoms with E-state index in [-0.39, 0.29) is 47.9 Å². The van der Waals surface area contributed by atoms with E-state index in [9.17, 15) is 4.79 Å². The zero-order chi connectivity index (χ0) is 19.6. The number of hydrogen-bond donors (Lipinski definition) is 1. The van der Waals surface area contributed by atoms with Crippen molar-refractivity contribution in [2.24, 2.45) is 4.99 Å². The van der Waals surface area contributed by atoms with Crippen LogP contribution in [0.5, 0.6) is 0 Å². The largest absolute Gasteiger partial charge is 0.376 e. The molecule has 1 N–H and O–H groups in total. The van der Waals surface area contributed by atoms with Crippen molar-refractivity contribution in [1.29, 1.82) is 0 Å². The Kier molecular flexibility index (Phi) is 7.42. The zero-order valence-electron chi connectivity index (χ0n) is 17.5. The van der Waals surface area contributed by atoms with Crippen LogP contribution >= 0.6 is 24.0 Å². The average Bonchev–Trinajstić information content (AvgIpc) is 3.44. The zero-order valence-corrected chi connectivity index (χ0v) is 19.9. The van der Waals surface area contributed by atoms with E-state index in [1.807, 2.05) is 0 Å². The molecule has 4 rings (SSSR count). The van der Waals surface area contributed by atoms with Crippen LogP contribution in [-0.4, -0.2) is 63.2 Å². The molecule has 2 fully saturated rings. The minimum Gasteiger partial charge on any atom is -0.376 e. The van der Waals surface area contributed by atoms with Crippen LogP contribution in [0.4, 0.5) is 5.69 Å². The van der Waals surface area contributed by atoms with Crippen LogP contribution in [0.15, 0.2) is 29.3 Å². The molecule has 0 bridgehead atoms. The summed E-state index contributed by atoms with van der Waals surface area (Å²) < 4.78 is 5.78. The third-order valence-corrected chi connectivity index (χ3v) is 6.42. The van der Waals surface area contributed by atoms with Crippen molar-refractivity contribution in [3.63, 3.8) is 0 Å². The molecular weight excluding hydrogens is 479 g/mol. The summed E-state index contributed by atoms with van der Waals surface area (Å²) in [6, 6.07) is 8.72. The van der Waals surface area contributed by atoms with Crippen molar-refractivity contribution < 1.29 is 9.53 Å². The van der Waals surface area contributed by atoms with Gasteiger partial charge in [-0.1, -0.05) is 31.0 Å². The molecule has 1 saturated carbocycles. The summed E-state index contributed by atoms with van der Waals surface area (Å²) in [6.45, 7) is 2.68. The molecule has 1 aromatic rings. The lowest BCUT2D eigenvalue weighted by Crippen LogP contribution is -2.46. The Balaban J connectivity index is 0.00000240. The Bertz CT molecular complexity index is 740. The Morgan fingerprint density at radius 2 is 2.03 bits per heavy atom. The molecule has 1 spiro atoms. The fourth-order valence-corrected chi connectivity index (χ4v) is 4.83. The topological polar surface area (TPSA) is 57.2 Å². The van der Waals surface area contributed by atoms with Gasteiger partial charge >= 0.3 is 0 Å². The first kappa shape index (κ1) is 22.3. The minimum atomic E-state index is 0. The SMILES string of the molecule is CN(C)C(=O)CN=C(NCC1CCCO1)N1CC2(CCCC2)c2ccccc21.I. The lowest BCUT2D eigenvalue weighted by atomic mass is 9.81. The molecule has 6 nitrogen and oxygen atoms in total. The summed E-state index contributed by atoms with van der Waals surface area (Å²) in [6.07, 6.45) is 7.47. The first-order valence-corrected chi connectivity index (χ1v) is 10.6. The first-order chi connectivity index (χ1) is 13.6. The second-order valence-corrected chi connectivity index (χ2v) is 8.53. The number of para-hydroxylation sites is 1. The molecule has 1 saturated heterocycles. The van der Waals surface area contributed by atoms with Gasteiger partial charge in [0.1, 0.15) is 6.54 Å². The molecule has 1 atom stereocenters. The highest BCUT2D eigenvalue weighted by atomic mass is 127. The number of likely N-dealkylation sites (N-methyl/N-ethyl adjacent to an activating group) is 1. The lowest BCUT2D eigenvalue weighted by molar-refractivity contribution is -0.127. The maximum Gasteiger partial charge on any atom is 0.243 e. The van der Waals surface area contributed by atoms with Gasteiger partial charge in [0.15, 0.2) is 5.96 Å². The normalized spacial score (nSPS) is 22.5. The standard InChI is InChI=1S/C22H32N4O2.HI/c1-25(2)20(27)15-24-21(23-14-17-8-7-13-28-17)26-16-22(11-5-6-12-22)18-9-3-4-10-19(18)26;/h3-4,9-10,17H,5-8,11-16H2,1-2H3,(H,23,24);1H. The molecule has 0 aromatic heterocycles. The molecule has 1 aromatic carbocycles. The maximum atomic E-state index is 12.2. The van der Waals surface area contributed by atoms with Gasteiger partial charge in [0, 0.05) is 44.9 Å². The van der Waals surface area contributed by atoms with E-state index < -0.39 is 0 Å². The number of halogens is 1. The Morgan fingerprint density at radius 1 is 1.28 bits per heavy atom. The number of carbonyl (C=O) groups is 1. The molecule has 1 amide bonds. The number of nitrogens with one attached hydrogen (secondary N) is 1. The molecule has 0 radical (unpaired) electrons. The number of ether oxygens (including phenoxy) is 1. The molecule has 7 heteroatoms. The Labute approximate surface area is 191 Å². The highest BCUT2D eigenvalue weighted by Crippen LogP contribution is 2.50. The fourth-order valence-electron chi connectivity index (χ4n) is 4.83. The van der Waals surface area contributed by atoms with E-state index in [0.717, 1.165) is 38.5 Å². The number of anilines is 1. The van der Waals surface area contributed by atoms with Gasteiger partial charge in [-0.3, -0.25) is 4.79 Å². The van der Waals surface area contributed by atoms with E-state index in [1.165, 1.54) is 36.9 Å². The first-order valence-electron chi connectivity index (χ1n) is 10.6. The van der Waals surface area contributed by atoms with Gasteiger partial charge in [-0.05, 0) is 37.3 Å². The number of nitrogens with zero attached hydrogens (tertiary/aromatic N) is 3. The van der Waals surface area contributed by atoms with Gasteiger partial charge in [-0.25, -0.2) is 4.99 Å². The molecule has 1 aliphatic carbocycles. The van der Waals surface area contributed by atoms with Crippen molar-refractivity contribution >= 4 is 41.5 Å². The fraction of sp³-hybridized carbons (Fsp3) is 0.636. The number of benzene rings is 1. The highest BCUT2D eigenvalue weighted by molar-refractivity contribution is 14.0. The molecule has 3 aliphatic rings. The summed E-state index contributed by atoms with van der Waals surface area (Å²) >= 11 is 0. The monoisotopic (exact) mass is 512 g/mol. The Hall–Kier alpha value is -1.35. The maximum absolute atomic E-state index is 12.2. The average molecular weight is 512 g/mol. The number of amides is 1. The van der Waals surface area contributed by atoms with E-state index >= 15 is 0 Å². The molecule has 2 aliphatic heterocycles. The third kappa shape index (κ3) is 4.71. The van der Waals surface area contributed by atoms with Gasteiger partial charge < -0.3 is 19.9 Å². The van der Waals surface area contributed by atoms with E-state index in [1.54, 1.807) is 19.0 Å². The van der Waals surface area contributed by atoms with Crippen LogP contribution < -0.4 is 10.2 Å². The molecule has 1 unspecified atom stereocenters. The number of hydrogen-bond acceptors (Lipinski definition) is 3. The number of guanidine groups is 1. The van der Waals surface area contributed by atoms with Gasteiger partial charge in [0.05, 0.1) is 6.10 Å². The van der Waals surface area contributed by atoms with E-state index in [4.69, 9.17) is 9.73 Å². The van der Waals surface area contributed by atoms with Crippen molar-refractivity contribution in [3.8, 4) is 0 Å². The molecule has 29 heavy (non-hydrogen) atoms. The van der Waals surface area contributed by atoms with E-state index in [2.05, 4.69) is 34.5 Å². The van der Waals surface area contributed by atoms with Crippen molar-refractivity contribution in [2.45, 2.75) is 50.0 Å². The quantitative estimate of drug-likeness (QED) is 0.383. The number of rotatable bonds is 4. The van der Waals surface area contributed by atoms with Gasteiger partial charge in [0.25, 0.3) is 0 Å². The van der Waals surface area contributed by atoms with Crippen molar-refractivity contribution in [3.05, 3.63) is 29.8 Å². The predicted octanol–water partition coefficient (Wildman–Crippen LogP) is 3.15. The highest BCUT2D eigenvalue weighted by Gasteiger charge is 2.45. The van der Waals surface area contributed by atoms with Gasteiger partial charge in [0.2, 0.25) is 5.91 Å². The Morgan fingerprint density at radius 3 is 2.72 bits per heavy atom. The van der Waals surface area contributed by atoms with Crippen LogP contribution in [0.25, 0.3) is 0 Å². The van der Waals surface area contributed by atoms with E-state index in [0.29, 0.717) is 0 Å². The van der Waals surface area contributed by atoms with Crippen molar-refractivity contribution in [2.75, 3.05) is 45.2 Å². The van der Waals surface area contributed by atoms with Crippen molar-refractivity contribution in [1.82, 2.24) is 10.2 Å². The summed E-state index contributed by atoms with van der Waals surface area (Å²) in [5, 5.41) is 3.53. The lowest BCUT2D eigenvalue weighted by Gasteiger charge is -2.27. The number of aliphatic imine (C=N–C) groups is 1. The van der Waals surface area contributed by atoms with Crippen LogP contribution in [0, 0.1) is 0 Å². The number of fused-ring (bicyclic) bond motifs is 2. The predicted molar refractivity (Wildman–Crippen MR) is 127 cm³/mol. The smallest absolute Gasteiger partial charge is 0.243 e. The van der Waals surface area contributed by atoms with Gasteiger partial charge in [-0.15, -0.1) is 24.0 Å². The summed E-state index contributed by atoms with van der Waals surface area (Å²) in [5.74, 6) is 0.821.